The van der Waals surface area contributed by atoms with E-state index in [4.69, 9.17) is 9.47 Å². The molecule has 0 bridgehead atoms. The van der Waals surface area contributed by atoms with Gasteiger partial charge in [-0.15, -0.1) is 0 Å². The van der Waals surface area contributed by atoms with E-state index < -0.39 is 17.8 Å². The first-order valence-corrected chi connectivity index (χ1v) is 7.44. The first kappa shape index (κ1) is 17.8. The van der Waals surface area contributed by atoms with Crippen molar-refractivity contribution in [2.75, 3.05) is 0 Å². The second-order valence-corrected chi connectivity index (χ2v) is 5.18. The van der Waals surface area contributed by atoms with Crippen molar-refractivity contribution in [2.24, 2.45) is 0 Å². The van der Waals surface area contributed by atoms with Gasteiger partial charge in [0.25, 0.3) is 0 Å². The molecule has 0 radical (unpaired) electrons. The molecule has 3 nitrogen and oxygen atoms in total. The van der Waals surface area contributed by atoms with Crippen LogP contribution in [0.3, 0.4) is 0 Å². The van der Waals surface area contributed by atoms with Crippen molar-refractivity contribution in [3.05, 3.63) is 54.1 Å². The quantitative estimate of drug-likeness (QED) is 0.722. The molecule has 2 rings (SSSR count). The van der Waals surface area contributed by atoms with E-state index in [-0.39, 0.29) is 5.78 Å². The molecule has 0 aliphatic heterocycles. The Morgan fingerprint density at radius 2 is 1.42 bits per heavy atom. The fourth-order valence-corrected chi connectivity index (χ4v) is 1.99. The Balaban J connectivity index is 2.00. The molecule has 0 aliphatic rings. The number of hydrogen-bond acceptors (Lipinski definition) is 3. The maximum atomic E-state index is 12.5. The van der Waals surface area contributed by atoms with Gasteiger partial charge >= 0.3 is 6.18 Å². The number of alkyl halides is 3. The third-order valence-electron chi connectivity index (χ3n) is 3.36. The van der Waals surface area contributed by atoms with Gasteiger partial charge in [0, 0.05) is 6.42 Å². The van der Waals surface area contributed by atoms with Gasteiger partial charge in [0.2, 0.25) is 0 Å². The van der Waals surface area contributed by atoms with Crippen LogP contribution in [0.4, 0.5) is 13.2 Å². The molecular weight excluding hydrogens is 321 g/mol. The lowest BCUT2D eigenvalue weighted by atomic mass is 10.2. The molecule has 1 unspecified atom stereocenters. The number of Topliss-reactive ketones (excluding diaryl/α,β-unsaturated/α-hetero) is 1. The van der Waals surface area contributed by atoms with Crippen molar-refractivity contribution in [3.63, 3.8) is 0 Å². The summed E-state index contributed by atoms with van der Waals surface area (Å²) in [5.41, 5.74) is -0.729. The second-order valence-electron chi connectivity index (χ2n) is 5.18. The van der Waals surface area contributed by atoms with Gasteiger partial charge in [0.05, 0.1) is 5.56 Å². The summed E-state index contributed by atoms with van der Waals surface area (Å²) in [7, 11) is 0. The van der Waals surface area contributed by atoms with Crippen LogP contribution in [0, 0.1) is 0 Å². The van der Waals surface area contributed by atoms with Crippen molar-refractivity contribution in [1.29, 1.82) is 0 Å². The third kappa shape index (κ3) is 4.75. The summed E-state index contributed by atoms with van der Waals surface area (Å²) in [4.78, 5) is 11.5. The highest BCUT2D eigenvalue weighted by Crippen LogP contribution is 2.31. The number of hydrogen-bond donors (Lipinski definition) is 0. The van der Waals surface area contributed by atoms with Crippen LogP contribution in [-0.2, 0) is 11.0 Å². The molecule has 0 saturated carbocycles. The van der Waals surface area contributed by atoms with Crippen molar-refractivity contribution < 1.29 is 27.4 Å². The average molecular weight is 338 g/mol. The van der Waals surface area contributed by atoms with E-state index in [0.29, 0.717) is 23.7 Å². The lowest BCUT2D eigenvalue weighted by Gasteiger charge is -2.13. The smallest absolute Gasteiger partial charge is 0.416 e. The normalized spacial score (nSPS) is 12.5. The van der Waals surface area contributed by atoms with E-state index in [1.54, 1.807) is 38.1 Å². The topological polar surface area (TPSA) is 35.5 Å². The summed E-state index contributed by atoms with van der Waals surface area (Å²) in [6, 6.07) is 11.0. The molecule has 2 aromatic rings. The number of rotatable bonds is 6. The highest BCUT2D eigenvalue weighted by molar-refractivity contribution is 5.82. The lowest BCUT2D eigenvalue weighted by Crippen LogP contribution is -2.22. The molecule has 128 valence electrons. The Morgan fingerprint density at radius 3 is 1.88 bits per heavy atom. The van der Waals surface area contributed by atoms with Crippen LogP contribution in [0.25, 0.3) is 0 Å². The molecule has 0 heterocycles. The Labute approximate surface area is 138 Å². The highest BCUT2D eigenvalue weighted by atomic mass is 19.4. The van der Waals surface area contributed by atoms with Crippen molar-refractivity contribution >= 4 is 5.78 Å². The largest absolute Gasteiger partial charge is 0.483 e. The minimum absolute atomic E-state index is 0.0000749. The predicted molar refractivity (Wildman–Crippen MR) is 83.3 cm³/mol. The van der Waals surface area contributed by atoms with Gasteiger partial charge < -0.3 is 9.47 Å². The zero-order chi connectivity index (χ0) is 17.7. The SMILES string of the molecule is CCC(=O)C(C)Oc1ccc(Oc2ccc(C(F)(F)F)cc2)cc1. The molecule has 0 saturated heterocycles. The zero-order valence-electron chi connectivity index (χ0n) is 13.3. The minimum Gasteiger partial charge on any atom is -0.483 e. The first-order chi connectivity index (χ1) is 11.3. The van der Waals surface area contributed by atoms with E-state index in [1.807, 2.05) is 0 Å². The monoisotopic (exact) mass is 338 g/mol. The molecule has 0 spiro atoms. The van der Waals surface area contributed by atoms with Crippen LogP contribution in [0.15, 0.2) is 48.5 Å². The third-order valence-corrected chi connectivity index (χ3v) is 3.36. The number of carbonyl (C=O) groups excluding carboxylic acids is 1. The summed E-state index contributed by atoms with van der Waals surface area (Å²) in [5, 5.41) is 0. The van der Waals surface area contributed by atoms with E-state index >= 15 is 0 Å². The van der Waals surface area contributed by atoms with Crippen LogP contribution in [0.5, 0.6) is 17.2 Å². The van der Waals surface area contributed by atoms with Crippen LogP contribution in [0.2, 0.25) is 0 Å². The standard InChI is InChI=1S/C18H17F3O3/c1-3-17(22)12(2)23-14-8-10-16(11-9-14)24-15-6-4-13(5-7-15)18(19,20)21/h4-12H,3H2,1-2H3. The molecular formula is C18H17F3O3. The van der Waals surface area contributed by atoms with Gasteiger partial charge in [-0.25, -0.2) is 0 Å². The van der Waals surface area contributed by atoms with Crippen molar-refractivity contribution in [3.8, 4) is 17.2 Å². The molecule has 2 aromatic carbocycles. The highest BCUT2D eigenvalue weighted by Gasteiger charge is 2.30. The van der Waals surface area contributed by atoms with Gasteiger partial charge in [-0.2, -0.15) is 13.2 Å². The number of ether oxygens (including phenoxy) is 2. The summed E-state index contributed by atoms with van der Waals surface area (Å²) in [5.74, 6) is 1.27. The Morgan fingerprint density at radius 1 is 0.958 bits per heavy atom. The van der Waals surface area contributed by atoms with E-state index in [9.17, 15) is 18.0 Å². The molecule has 0 aliphatic carbocycles. The van der Waals surface area contributed by atoms with Gasteiger partial charge in [0.1, 0.15) is 17.2 Å². The lowest BCUT2D eigenvalue weighted by molar-refractivity contribution is -0.137. The predicted octanol–water partition coefficient (Wildman–Crippen LogP) is 5.24. The summed E-state index contributed by atoms with van der Waals surface area (Å²) >= 11 is 0. The molecule has 0 amide bonds. The number of halogens is 3. The fourth-order valence-electron chi connectivity index (χ4n) is 1.99. The van der Waals surface area contributed by atoms with E-state index in [2.05, 4.69) is 0 Å². The molecule has 0 fully saturated rings. The zero-order valence-corrected chi connectivity index (χ0v) is 13.3. The minimum atomic E-state index is -4.37. The van der Waals surface area contributed by atoms with Gasteiger partial charge in [0.15, 0.2) is 11.9 Å². The van der Waals surface area contributed by atoms with Crippen LogP contribution in [-0.4, -0.2) is 11.9 Å². The maximum Gasteiger partial charge on any atom is 0.416 e. The van der Waals surface area contributed by atoms with Crippen molar-refractivity contribution in [2.45, 2.75) is 32.5 Å². The maximum absolute atomic E-state index is 12.5. The van der Waals surface area contributed by atoms with Crippen molar-refractivity contribution in [1.82, 2.24) is 0 Å². The average Bonchev–Trinajstić information content (AvgIpc) is 2.55. The number of benzene rings is 2. The second kappa shape index (κ2) is 7.38. The Kier molecular flexibility index (Phi) is 5.49. The molecule has 0 N–H and O–H groups in total. The summed E-state index contributed by atoms with van der Waals surface area (Å²) < 4.78 is 48.5. The van der Waals surface area contributed by atoms with Gasteiger partial charge in [-0.05, 0) is 55.5 Å². The van der Waals surface area contributed by atoms with Gasteiger partial charge in [-0.1, -0.05) is 6.92 Å². The fraction of sp³-hybridized carbons (Fsp3) is 0.278. The summed E-state index contributed by atoms with van der Waals surface area (Å²) in [6.45, 7) is 3.45. The molecule has 0 aromatic heterocycles. The van der Waals surface area contributed by atoms with Gasteiger partial charge in [-0.3, -0.25) is 4.79 Å². The number of ketones is 1. The molecule has 24 heavy (non-hydrogen) atoms. The number of carbonyl (C=O) groups is 1. The van der Waals surface area contributed by atoms with Crippen LogP contribution < -0.4 is 9.47 Å². The first-order valence-electron chi connectivity index (χ1n) is 7.44. The summed E-state index contributed by atoms with van der Waals surface area (Å²) in [6.07, 6.45) is -4.50. The van der Waals surface area contributed by atoms with Crippen LogP contribution >= 0.6 is 0 Å². The molecule has 1 atom stereocenters. The Bertz CT molecular complexity index is 676. The van der Waals surface area contributed by atoms with E-state index in [0.717, 1.165) is 12.1 Å². The molecule has 6 heteroatoms. The Hall–Kier alpha value is -2.50. The van der Waals surface area contributed by atoms with Crippen LogP contribution in [0.1, 0.15) is 25.8 Å². The van der Waals surface area contributed by atoms with E-state index in [1.165, 1.54) is 12.1 Å².